The molecule has 0 bridgehead atoms. The summed E-state index contributed by atoms with van der Waals surface area (Å²) >= 11 is 0. The average molecular weight is 222 g/mol. The van der Waals surface area contributed by atoms with Gasteiger partial charge in [-0.2, -0.15) is 0 Å². The van der Waals surface area contributed by atoms with E-state index in [9.17, 15) is 9.18 Å². The van der Waals surface area contributed by atoms with Crippen LogP contribution in [0.5, 0.6) is 0 Å². The van der Waals surface area contributed by atoms with E-state index in [-0.39, 0.29) is 5.56 Å². The lowest BCUT2D eigenvalue weighted by atomic mass is 10.2. The largest absolute Gasteiger partial charge is 0.383 e. The summed E-state index contributed by atoms with van der Waals surface area (Å²) in [6, 6.07) is 3.95. The highest BCUT2D eigenvalue weighted by Gasteiger charge is 2.04. The number of benzene rings is 1. The molecule has 84 valence electrons. The van der Waals surface area contributed by atoms with Gasteiger partial charge < -0.3 is 4.74 Å². The summed E-state index contributed by atoms with van der Waals surface area (Å²) < 4.78 is 19.2. The average Bonchev–Trinajstić information content (AvgIpc) is 2.28. The van der Waals surface area contributed by atoms with Crippen LogP contribution in [-0.4, -0.2) is 23.3 Å². The number of nitrogens with zero attached hydrogens (tertiary/aromatic N) is 2. The highest BCUT2D eigenvalue weighted by atomic mass is 19.1. The van der Waals surface area contributed by atoms with Crippen LogP contribution in [0.15, 0.2) is 29.3 Å². The molecule has 0 saturated carbocycles. The molecule has 5 heteroatoms. The van der Waals surface area contributed by atoms with Crippen molar-refractivity contribution >= 4 is 10.9 Å². The Hall–Kier alpha value is -1.75. The van der Waals surface area contributed by atoms with Gasteiger partial charge in [0.1, 0.15) is 5.82 Å². The molecule has 2 rings (SSSR count). The molecule has 0 N–H and O–H groups in total. The van der Waals surface area contributed by atoms with Gasteiger partial charge in [-0.1, -0.05) is 0 Å². The summed E-state index contributed by atoms with van der Waals surface area (Å²) in [7, 11) is 1.56. The number of fused-ring (bicyclic) bond motifs is 1. The minimum atomic E-state index is -0.394. The molecule has 1 heterocycles. The van der Waals surface area contributed by atoms with Gasteiger partial charge in [-0.3, -0.25) is 9.36 Å². The fourth-order valence-corrected chi connectivity index (χ4v) is 1.48. The van der Waals surface area contributed by atoms with Crippen LogP contribution in [0.1, 0.15) is 0 Å². The summed E-state index contributed by atoms with van der Waals surface area (Å²) in [5, 5.41) is 0.417. The molecule has 4 nitrogen and oxygen atoms in total. The van der Waals surface area contributed by atoms with Crippen LogP contribution in [0.25, 0.3) is 10.9 Å². The standard InChI is InChI=1S/C11H11FN2O2/c1-16-5-4-14-7-13-10-6-8(12)2-3-9(10)11(14)15/h2-3,6-7H,4-5H2,1H3. The first-order valence-corrected chi connectivity index (χ1v) is 4.86. The second-order valence-corrected chi connectivity index (χ2v) is 3.40. The Balaban J connectivity index is 2.53. The monoisotopic (exact) mass is 222 g/mol. The fourth-order valence-electron chi connectivity index (χ4n) is 1.48. The normalized spacial score (nSPS) is 10.9. The molecule has 1 aromatic heterocycles. The third kappa shape index (κ3) is 1.94. The maximum atomic E-state index is 12.9. The zero-order chi connectivity index (χ0) is 11.5. The van der Waals surface area contributed by atoms with Crippen LogP contribution in [0.4, 0.5) is 4.39 Å². The van der Waals surface area contributed by atoms with E-state index in [0.29, 0.717) is 24.1 Å². The Morgan fingerprint density at radius 3 is 3.06 bits per heavy atom. The van der Waals surface area contributed by atoms with Gasteiger partial charge in [0.15, 0.2) is 0 Å². The van der Waals surface area contributed by atoms with Crippen molar-refractivity contribution < 1.29 is 9.13 Å². The molecule has 0 spiro atoms. The molecule has 1 aromatic carbocycles. The predicted molar refractivity (Wildman–Crippen MR) is 57.8 cm³/mol. The van der Waals surface area contributed by atoms with E-state index in [1.165, 1.54) is 29.1 Å². The number of rotatable bonds is 3. The Morgan fingerprint density at radius 1 is 1.50 bits per heavy atom. The van der Waals surface area contributed by atoms with E-state index in [4.69, 9.17) is 4.74 Å². The first-order valence-electron chi connectivity index (χ1n) is 4.86. The van der Waals surface area contributed by atoms with Crippen molar-refractivity contribution in [3.05, 3.63) is 40.7 Å². The van der Waals surface area contributed by atoms with Crippen molar-refractivity contribution in [2.75, 3.05) is 13.7 Å². The van der Waals surface area contributed by atoms with Crippen LogP contribution in [-0.2, 0) is 11.3 Å². The lowest BCUT2D eigenvalue weighted by molar-refractivity contribution is 0.186. The Kier molecular flexibility index (Phi) is 2.96. The highest BCUT2D eigenvalue weighted by Crippen LogP contribution is 2.08. The van der Waals surface area contributed by atoms with Gasteiger partial charge in [-0.05, 0) is 12.1 Å². The Morgan fingerprint density at radius 2 is 2.31 bits per heavy atom. The van der Waals surface area contributed by atoms with Crippen LogP contribution < -0.4 is 5.56 Å². The molecule has 0 radical (unpaired) electrons. The summed E-state index contributed by atoms with van der Waals surface area (Å²) in [4.78, 5) is 15.9. The number of aromatic nitrogens is 2. The van der Waals surface area contributed by atoms with Gasteiger partial charge in [-0.25, -0.2) is 9.37 Å². The molecule has 0 atom stereocenters. The lowest BCUT2D eigenvalue weighted by Gasteiger charge is -2.05. The van der Waals surface area contributed by atoms with Gasteiger partial charge in [0.25, 0.3) is 5.56 Å². The highest BCUT2D eigenvalue weighted by molar-refractivity contribution is 5.77. The van der Waals surface area contributed by atoms with Crippen LogP contribution in [0, 0.1) is 5.82 Å². The predicted octanol–water partition coefficient (Wildman–Crippen LogP) is 1.18. The SMILES string of the molecule is COCCn1cnc2cc(F)ccc2c1=O. The van der Waals surface area contributed by atoms with Gasteiger partial charge in [0, 0.05) is 13.2 Å². The first kappa shape index (κ1) is 10.8. The quantitative estimate of drug-likeness (QED) is 0.783. The summed E-state index contributed by atoms with van der Waals surface area (Å²) in [6.07, 6.45) is 1.41. The third-order valence-electron chi connectivity index (χ3n) is 2.32. The summed E-state index contributed by atoms with van der Waals surface area (Å²) in [5.74, 6) is -0.394. The second kappa shape index (κ2) is 4.40. The van der Waals surface area contributed by atoms with E-state index in [0.717, 1.165) is 0 Å². The van der Waals surface area contributed by atoms with Gasteiger partial charge >= 0.3 is 0 Å². The molecular weight excluding hydrogens is 211 g/mol. The summed E-state index contributed by atoms with van der Waals surface area (Å²) in [6.45, 7) is 0.879. The number of halogens is 1. The first-order chi connectivity index (χ1) is 7.72. The maximum Gasteiger partial charge on any atom is 0.261 e. The molecule has 0 saturated heterocycles. The van der Waals surface area contributed by atoms with Gasteiger partial charge in [0.05, 0.1) is 30.4 Å². The molecule has 0 aliphatic rings. The molecule has 2 aromatic rings. The Labute approximate surface area is 91.3 Å². The molecule has 16 heavy (non-hydrogen) atoms. The van der Waals surface area contributed by atoms with Crippen molar-refractivity contribution in [3.8, 4) is 0 Å². The molecule has 0 unspecified atom stereocenters. The van der Waals surface area contributed by atoms with Gasteiger partial charge in [-0.15, -0.1) is 0 Å². The fraction of sp³-hybridized carbons (Fsp3) is 0.273. The number of hydrogen-bond acceptors (Lipinski definition) is 3. The van der Waals surface area contributed by atoms with Crippen molar-refractivity contribution in [3.63, 3.8) is 0 Å². The Bertz CT molecular complexity index is 565. The molecule has 0 amide bonds. The van der Waals surface area contributed by atoms with E-state index >= 15 is 0 Å². The molecular formula is C11H11FN2O2. The number of ether oxygens (including phenoxy) is 1. The second-order valence-electron chi connectivity index (χ2n) is 3.40. The zero-order valence-electron chi connectivity index (χ0n) is 8.81. The van der Waals surface area contributed by atoms with E-state index < -0.39 is 5.82 Å². The van der Waals surface area contributed by atoms with E-state index in [1.54, 1.807) is 7.11 Å². The van der Waals surface area contributed by atoms with Crippen molar-refractivity contribution in [2.45, 2.75) is 6.54 Å². The number of methoxy groups -OCH3 is 1. The third-order valence-corrected chi connectivity index (χ3v) is 2.32. The topological polar surface area (TPSA) is 44.1 Å². The van der Waals surface area contributed by atoms with E-state index in [2.05, 4.69) is 4.98 Å². The minimum absolute atomic E-state index is 0.179. The van der Waals surface area contributed by atoms with E-state index in [1.807, 2.05) is 0 Å². The smallest absolute Gasteiger partial charge is 0.261 e. The minimum Gasteiger partial charge on any atom is -0.383 e. The van der Waals surface area contributed by atoms with Crippen molar-refractivity contribution in [2.24, 2.45) is 0 Å². The van der Waals surface area contributed by atoms with Crippen LogP contribution in [0.2, 0.25) is 0 Å². The molecule has 0 aliphatic heterocycles. The van der Waals surface area contributed by atoms with Crippen LogP contribution >= 0.6 is 0 Å². The maximum absolute atomic E-state index is 12.9. The lowest BCUT2D eigenvalue weighted by Crippen LogP contribution is -2.22. The molecule has 0 aliphatic carbocycles. The molecule has 0 fully saturated rings. The summed E-state index contributed by atoms with van der Waals surface area (Å²) in [5.41, 5.74) is 0.195. The number of hydrogen-bond donors (Lipinski definition) is 0. The van der Waals surface area contributed by atoms with Gasteiger partial charge in [0.2, 0.25) is 0 Å². The van der Waals surface area contributed by atoms with Crippen molar-refractivity contribution in [1.29, 1.82) is 0 Å². The zero-order valence-corrected chi connectivity index (χ0v) is 8.81. The van der Waals surface area contributed by atoms with Crippen LogP contribution in [0.3, 0.4) is 0 Å². The van der Waals surface area contributed by atoms with Crippen molar-refractivity contribution in [1.82, 2.24) is 9.55 Å².